The van der Waals surface area contributed by atoms with E-state index in [4.69, 9.17) is 32.7 Å². The third kappa shape index (κ3) is 4.00. The van der Waals surface area contributed by atoms with Gasteiger partial charge in [-0.15, -0.1) is 0 Å². The van der Waals surface area contributed by atoms with Gasteiger partial charge in [-0.1, -0.05) is 48.5 Å². The summed E-state index contributed by atoms with van der Waals surface area (Å²) in [5.74, 6) is 1.09. The molecule has 1 aliphatic carbocycles. The smallest absolute Gasteiger partial charge is 0.123 e. The Bertz CT molecular complexity index is 917. The van der Waals surface area contributed by atoms with Gasteiger partial charge in [0.1, 0.15) is 12.4 Å². The molecule has 3 rings (SSSR count). The average molecular weight is 417 g/mol. The lowest BCUT2D eigenvalue weighted by Crippen LogP contribution is -2.25. The Balaban J connectivity index is 1.96. The molecule has 1 aliphatic rings. The molecule has 2 aromatic carbocycles. The van der Waals surface area contributed by atoms with E-state index < -0.39 is 0 Å². The van der Waals surface area contributed by atoms with Crippen molar-refractivity contribution in [2.45, 2.75) is 39.4 Å². The van der Waals surface area contributed by atoms with Crippen LogP contribution in [0.15, 0.2) is 49.1 Å². The summed E-state index contributed by atoms with van der Waals surface area (Å²) in [4.78, 5) is 0. The first-order valence-corrected chi connectivity index (χ1v) is 10.2. The molecule has 2 nitrogen and oxygen atoms in total. The van der Waals surface area contributed by atoms with Gasteiger partial charge in [0.25, 0.3) is 0 Å². The third-order valence-electron chi connectivity index (χ3n) is 5.67. The van der Waals surface area contributed by atoms with Crippen LogP contribution in [0.1, 0.15) is 40.3 Å². The van der Waals surface area contributed by atoms with Crippen LogP contribution in [0.5, 0.6) is 5.75 Å². The van der Waals surface area contributed by atoms with Gasteiger partial charge >= 0.3 is 0 Å². The average Bonchev–Trinajstić information content (AvgIpc) is 2.68. The normalized spacial score (nSPS) is 18.5. The molecule has 0 fully saturated rings. The fourth-order valence-corrected chi connectivity index (χ4v) is 4.55. The van der Waals surface area contributed by atoms with Crippen LogP contribution in [0.4, 0.5) is 0 Å². The van der Waals surface area contributed by atoms with Gasteiger partial charge in [0.2, 0.25) is 0 Å². The van der Waals surface area contributed by atoms with Crippen LogP contribution in [0, 0.1) is 19.8 Å². The van der Waals surface area contributed by atoms with Crippen molar-refractivity contribution in [3.8, 4) is 5.75 Å². The number of allylic oxidation sites excluding steroid dienone is 1. The molecule has 0 saturated heterocycles. The molecule has 0 unspecified atom stereocenters. The number of hydrogen-bond acceptors (Lipinski definition) is 2. The van der Waals surface area contributed by atoms with Crippen LogP contribution in [-0.4, -0.2) is 7.11 Å². The number of ether oxygens (including phenoxy) is 2. The lowest BCUT2D eigenvalue weighted by atomic mass is 9.75. The lowest BCUT2D eigenvalue weighted by molar-refractivity contribution is 0.0549. The number of hydrogen-bond donors (Lipinski definition) is 0. The van der Waals surface area contributed by atoms with Crippen LogP contribution in [0.2, 0.25) is 10.0 Å². The number of halogens is 2. The molecule has 28 heavy (non-hydrogen) atoms. The number of benzene rings is 2. The van der Waals surface area contributed by atoms with Crippen LogP contribution in [0.3, 0.4) is 0 Å². The maximum atomic E-state index is 6.29. The van der Waals surface area contributed by atoms with Crippen LogP contribution in [-0.2, 0) is 17.8 Å². The van der Waals surface area contributed by atoms with Crippen molar-refractivity contribution in [1.82, 2.24) is 0 Å². The van der Waals surface area contributed by atoms with E-state index in [1.807, 2.05) is 18.2 Å². The van der Waals surface area contributed by atoms with E-state index in [0.717, 1.165) is 35.3 Å². The second kappa shape index (κ2) is 8.73. The van der Waals surface area contributed by atoms with Crippen molar-refractivity contribution in [2.24, 2.45) is 5.92 Å². The summed E-state index contributed by atoms with van der Waals surface area (Å²) in [5.41, 5.74) is 6.84. The highest BCUT2D eigenvalue weighted by Gasteiger charge is 2.33. The molecule has 0 aliphatic heterocycles. The third-order valence-corrected chi connectivity index (χ3v) is 6.26. The van der Waals surface area contributed by atoms with Gasteiger partial charge in [-0.05, 0) is 72.7 Å². The highest BCUT2D eigenvalue weighted by Crippen LogP contribution is 2.45. The molecular formula is C24H26Cl2O2. The molecule has 0 heterocycles. The minimum atomic E-state index is -0.0457. The second-order valence-corrected chi connectivity index (χ2v) is 8.16. The first-order valence-electron chi connectivity index (χ1n) is 9.41. The van der Waals surface area contributed by atoms with E-state index in [1.165, 1.54) is 16.7 Å². The Morgan fingerprint density at radius 1 is 1.25 bits per heavy atom. The summed E-state index contributed by atoms with van der Waals surface area (Å²) >= 11 is 12.3. The first kappa shape index (κ1) is 21.0. The summed E-state index contributed by atoms with van der Waals surface area (Å²) in [5, 5.41) is 1.22. The molecule has 0 bridgehead atoms. The molecule has 2 aromatic rings. The van der Waals surface area contributed by atoms with Gasteiger partial charge in [0, 0.05) is 28.6 Å². The van der Waals surface area contributed by atoms with Gasteiger partial charge < -0.3 is 9.47 Å². The molecule has 0 aromatic heterocycles. The van der Waals surface area contributed by atoms with Crippen molar-refractivity contribution < 1.29 is 9.47 Å². The molecule has 0 amide bonds. The van der Waals surface area contributed by atoms with E-state index in [0.29, 0.717) is 16.7 Å². The largest absolute Gasteiger partial charge is 0.489 e. The first-order chi connectivity index (χ1) is 13.4. The van der Waals surface area contributed by atoms with Crippen LogP contribution in [0.25, 0.3) is 0 Å². The van der Waals surface area contributed by atoms with E-state index in [1.54, 1.807) is 13.2 Å². The zero-order valence-electron chi connectivity index (χ0n) is 16.6. The predicted molar refractivity (Wildman–Crippen MR) is 118 cm³/mol. The van der Waals surface area contributed by atoms with Gasteiger partial charge in [-0.25, -0.2) is 0 Å². The Labute approximate surface area is 177 Å². The minimum absolute atomic E-state index is 0.0457. The van der Waals surface area contributed by atoms with E-state index in [9.17, 15) is 0 Å². The molecule has 0 N–H and O–H groups in total. The number of rotatable bonds is 6. The summed E-state index contributed by atoms with van der Waals surface area (Å²) in [6.45, 7) is 12.7. The Morgan fingerprint density at radius 2 is 2.00 bits per heavy atom. The van der Waals surface area contributed by atoms with Crippen molar-refractivity contribution in [3.05, 3.63) is 86.9 Å². The molecule has 0 spiro atoms. The Hall–Kier alpha value is -1.74. The fourth-order valence-electron chi connectivity index (χ4n) is 4.09. The van der Waals surface area contributed by atoms with Gasteiger partial charge in [0.05, 0.1) is 6.10 Å². The van der Waals surface area contributed by atoms with Gasteiger partial charge in [-0.3, -0.25) is 0 Å². The fraction of sp³-hybridized carbons (Fsp3) is 0.333. The van der Waals surface area contributed by atoms with Crippen LogP contribution < -0.4 is 4.74 Å². The molecule has 4 heteroatoms. The monoisotopic (exact) mass is 416 g/mol. The van der Waals surface area contributed by atoms with E-state index >= 15 is 0 Å². The Morgan fingerprint density at radius 3 is 2.64 bits per heavy atom. The maximum absolute atomic E-state index is 6.29. The predicted octanol–water partition coefficient (Wildman–Crippen LogP) is 7.18. The lowest BCUT2D eigenvalue weighted by Gasteiger charge is -2.36. The summed E-state index contributed by atoms with van der Waals surface area (Å²) in [6, 6.07) is 7.57. The van der Waals surface area contributed by atoms with E-state index in [2.05, 4.69) is 33.1 Å². The van der Waals surface area contributed by atoms with Gasteiger partial charge in [-0.2, -0.15) is 0 Å². The second-order valence-electron chi connectivity index (χ2n) is 7.31. The van der Waals surface area contributed by atoms with Crippen molar-refractivity contribution >= 4 is 23.2 Å². The number of methoxy groups -OCH3 is 1. The topological polar surface area (TPSA) is 18.5 Å². The maximum Gasteiger partial charge on any atom is 0.123 e. The minimum Gasteiger partial charge on any atom is -0.489 e. The quantitative estimate of drug-likeness (QED) is 0.464. The summed E-state index contributed by atoms with van der Waals surface area (Å²) < 4.78 is 12.1. The summed E-state index contributed by atoms with van der Waals surface area (Å²) in [7, 11) is 1.76. The molecular weight excluding hydrogens is 391 g/mol. The molecule has 148 valence electrons. The number of aryl methyl sites for hydroxylation is 1. The molecule has 0 radical (unpaired) electrons. The van der Waals surface area contributed by atoms with Crippen molar-refractivity contribution in [2.75, 3.05) is 7.11 Å². The van der Waals surface area contributed by atoms with E-state index in [-0.39, 0.29) is 12.0 Å². The van der Waals surface area contributed by atoms with Crippen molar-refractivity contribution in [3.63, 3.8) is 0 Å². The highest BCUT2D eigenvalue weighted by atomic mass is 35.5. The zero-order valence-corrected chi connectivity index (χ0v) is 18.2. The Kier molecular flexibility index (Phi) is 6.54. The van der Waals surface area contributed by atoms with Crippen LogP contribution >= 0.6 is 23.2 Å². The molecule has 0 saturated carbocycles. The summed E-state index contributed by atoms with van der Waals surface area (Å²) in [6.07, 6.45) is 3.81. The number of fused-ring (bicyclic) bond motifs is 1. The zero-order chi connectivity index (χ0) is 20.4. The standard InChI is InChI=1S/C24H26Cl2O2/c1-6-14(2)20-10-9-19-15(3)11-22(16(4)23(19)24(20)27-5)28-13-17-7-8-18(25)12-21(17)26/h6-8,11-12,20,24H,1-2,9-10,13H2,3-5H3/t20-,24+/m0/s1. The van der Waals surface area contributed by atoms with Crippen molar-refractivity contribution in [1.29, 1.82) is 0 Å². The highest BCUT2D eigenvalue weighted by molar-refractivity contribution is 6.35. The molecule has 2 atom stereocenters. The SMILES string of the molecule is C=CC(=C)[C@@H]1CCc2c(C)cc(OCc3ccc(Cl)cc3Cl)c(C)c2[C@@H]1OC. The van der Waals surface area contributed by atoms with Gasteiger partial charge in [0.15, 0.2) is 0 Å².